The fraction of sp³-hybridized carbons (Fsp3) is 0.263. The van der Waals surface area contributed by atoms with Crippen LogP contribution in [-0.2, 0) is 9.59 Å². The molecule has 1 atom stereocenters. The maximum atomic E-state index is 12.8. The lowest BCUT2D eigenvalue weighted by atomic mass is 9.97. The Labute approximate surface area is 175 Å². The van der Waals surface area contributed by atoms with Gasteiger partial charge in [0, 0.05) is 13.1 Å². The Morgan fingerprint density at radius 3 is 2.19 bits per heavy atom. The minimum absolute atomic E-state index is 0. The molecule has 146 valence electrons. The molecular formula is C19H22Cl3N3O2. The first-order chi connectivity index (χ1) is 12.5. The monoisotopic (exact) mass is 429 g/mol. The van der Waals surface area contributed by atoms with Crippen LogP contribution >= 0.6 is 35.6 Å². The number of hydrogen-bond donors (Lipinski definition) is 2. The summed E-state index contributed by atoms with van der Waals surface area (Å²) in [7, 11) is 0. The van der Waals surface area contributed by atoms with Crippen LogP contribution in [0.15, 0.2) is 48.5 Å². The van der Waals surface area contributed by atoms with Crippen LogP contribution in [0, 0.1) is 0 Å². The molecule has 0 saturated heterocycles. The summed E-state index contributed by atoms with van der Waals surface area (Å²) in [6.45, 7) is 2.25. The summed E-state index contributed by atoms with van der Waals surface area (Å²) in [6.07, 6.45) is 0. The molecule has 2 rings (SSSR count). The number of carbonyl (C=O) groups excluding carboxylic acids is 2. The molecule has 1 unspecified atom stereocenters. The molecule has 0 saturated carbocycles. The predicted octanol–water partition coefficient (Wildman–Crippen LogP) is 3.94. The normalized spacial score (nSPS) is 11.3. The number of amides is 2. The molecule has 0 aliphatic rings. The number of anilines is 1. The molecule has 2 aromatic rings. The van der Waals surface area contributed by atoms with E-state index in [0.717, 1.165) is 5.56 Å². The number of nitrogens with two attached hydrogens (primary N) is 1. The molecule has 0 aromatic heterocycles. The summed E-state index contributed by atoms with van der Waals surface area (Å²) in [5.74, 6) is -1.06. The van der Waals surface area contributed by atoms with Crippen molar-refractivity contribution in [2.45, 2.75) is 12.8 Å². The van der Waals surface area contributed by atoms with Gasteiger partial charge < -0.3 is 16.0 Å². The maximum absolute atomic E-state index is 12.8. The average molecular weight is 431 g/mol. The topological polar surface area (TPSA) is 75.4 Å². The number of halogens is 3. The van der Waals surface area contributed by atoms with Gasteiger partial charge in [0.15, 0.2) is 0 Å². The average Bonchev–Trinajstić information content (AvgIpc) is 2.64. The summed E-state index contributed by atoms with van der Waals surface area (Å²) in [6, 6.07) is 14.2. The van der Waals surface area contributed by atoms with Crippen molar-refractivity contribution in [3.63, 3.8) is 0 Å². The molecule has 2 aromatic carbocycles. The van der Waals surface area contributed by atoms with Crippen LogP contribution in [-0.4, -0.2) is 36.3 Å². The van der Waals surface area contributed by atoms with Crippen molar-refractivity contribution < 1.29 is 9.59 Å². The van der Waals surface area contributed by atoms with Gasteiger partial charge in [-0.2, -0.15) is 0 Å². The largest absolute Gasteiger partial charge is 0.333 e. The van der Waals surface area contributed by atoms with Crippen LogP contribution in [0.25, 0.3) is 0 Å². The van der Waals surface area contributed by atoms with Crippen molar-refractivity contribution in [2.24, 2.45) is 5.73 Å². The highest BCUT2D eigenvalue weighted by Crippen LogP contribution is 2.29. The first-order valence-corrected chi connectivity index (χ1v) is 9.01. The third kappa shape index (κ3) is 6.11. The lowest BCUT2D eigenvalue weighted by Gasteiger charge is -2.25. The second-order valence-electron chi connectivity index (χ2n) is 5.70. The van der Waals surface area contributed by atoms with E-state index in [1.165, 1.54) is 4.90 Å². The standard InChI is InChI=1S/C19H21Cl2N3O2.ClH/c1-2-24(19(26)14(11-22)13-7-4-3-5-8-13)12-17(25)23-18-15(20)9-6-10-16(18)21;/h3-10,14H,2,11-12,22H2,1H3,(H,23,25);1H. The van der Waals surface area contributed by atoms with Gasteiger partial charge in [0.2, 0.25) is 11.8 Å². The minimum Gasteiger partial charge on any atom is -0.333 e. The Balaban J connectivity index is 0.00000364. The highest BCUT2D eigenvalue weighted by Gasteiger charge is 2.25. The Bertz CT molecular complexity index is 752. The number of benzene rings is 2. The number of rotatable bonds is 7. The molecule has 2 amide bonds. The van der Waals surface area contributed by atoms with Gasteiger partial charge in [0.05, 0.1) is 28.2 Å². The van der Waals surface area contributed by atoms with Gasteiger partial charge in [-0.25, -0.2) is 0 Å². The van der Waals surface area contributed by atoms with Gasteiger partial charge in [0.25, 0.3) is 0 Å². The van der Waals surface area contributed by atoms with Crippen molar-refractivity contribution >= 4 is 53.1 Å². The van der Waals surface area contributed by atoms with Crippen LogP contribution in [0.5, 0.6) is 0 Å². The SMILES string of the molecule is CCN(CC(=O)Nc1c(Cl)cccc1Cl)C(=O)C(CN)c1ccccc1.Cl. The number of likely N-dealkylation sites (N-methyl/N-ethyl adjacent to an activating group) is 1. The summed E-state index contributed by atoms with van der Waals surface area (Å²) in [4.78, 5) is 26.7. The van der Waals surface area contributed by atoms with E-state index in [1.54, 1.807) is 18.2 Å². The minimum atomic E-state index is -0.493. The van der Waals surface area contributed by atoms with Crippen molar-refractivity contribution in [2.75, 3.05) is 25.0 Å². The number of para-hydroxylation sites is 1. The molecule has 0 aliphatic heterocycles. The fourth-order valence-electron chi connectivity index (χ4n) is 2.60. The van der Waals surface area contributed by atoms with Crippen molar-refractivity contribution in [1.82, 2.24) is 4.90 Å². The first kappa shape index (κ1) is 23.2. The zero-order valence-electron chi connectivity index (χ0n) is 14.8. The number of carbonyl (C=O) groups is 2. The van der Waals surface area contributed by atoms with Crippen molar-refractivity contribution in [3.05, 3.63) is 64.1 Å². The van der Waals surface area contributed by atoms with Gasteiger partial charge in [0.1, 0.15) is 0 Å². The summed E-state index contributed by atoms with van der Waals surface area (Å²) in [5.41, 5.74) is 6.97. The van der Waals surface area contributed by atoms with Crippen LogP contribution < -0.4 is 11.1 Å². The Kier molecular flexibility index (Phi) is 9.60. The second-order valence-corrected chi connectivity index (χ2v) is 6.51. The van der Waals surface area contributed by atoms with Gasteiger partial charge in [-0.1, -0.05) is 59.6 Å². The molecule has 0 bridgehead atoms. The lowest BCUT2D eigenvalue weighted by molar-refractivity contribution is -0.135. The molecular weight excluding hydrogens is 409 g/mol. The smallest absolute Gasteiger partial charge is 0.244 e. The van der Waals surface area contributed by atoms with Gasteiger partial charge >= 0.3 is 0 Å². The molecule has 8 heteroatoms. The Morgan fingerprint density at radius 1 is 1.07 bits per heavy atom. The molecule has 0 spiro atoms. The van der Waals surface area contributed by atoms with Gasteiger partial charge in [-0.15, -0.1) is 12.4 Å². The third-order valence-electron chi connectivity index (χ3n) is 3.99. The van der Waals surface area contributed by atoms with E-state index in [9.17, 15) is 9.59 Å². The highest BCUT2D eigenvalue weighted by molar-refractivity contribution is 6.39. The van der Waals surface area contributed by atoms with Crippen molar-refractivity contribution in [3.8, 4) is 0 Å². The van der Waals surface area contributed by atoms with Crippen LogP contribution in [0.2, 0.25) is 10.0 Å². The van der Waals surface area contributed by atoms with Crippen LogP contribution in [0.4, 0.5) is 5.69 Å². The van der Waals surface area contributed by atoms with E-state index in [-0.39, 0.29) is 37.3 Å². The van der Waals surface area contributed by atoms with Crippen molar-refractivity contribution in [1.29, 1.82) is 0 Å². The zero-order valence-corrected chi connectivity index (χ0v) is 17.2. The van der Waals surface area contributed by atoms with E-state index in [4.69, 9.17) is 28.9 Å². The predicted molar refractivity (Wildman–Crippen MR) is 113 cm³/mol. The van der Waals surface area contributed by atoms with E-state index in [1.807, 2.05) is 37.3 Å². The molecule has 5 nitrogen and oxygen atoms in total. The van der Waals surface area contributed by atoms with E-state index in [0.29, 0.717) is 22.3 Å². The molecule has 27 heavy (non-hydrogen) atoms. The van der Waals surface area contributed by atoms with Crippen LogP contribution in [0.3, 0.4) is 0 Å². The first-order valence-electron chi connectivity index (χ1n) is 8.25. The van der Waals surface area contributed by atoms with Gasteiger partial charge in [-0.05, 0) is 24.6 Å². The summed E-state index contributed by atoms with van der Waals surface area (Å²) >= 11 is 12.1. The highest BCUT2D eigenvalue weighted by atomic mass is 35.5. The summed E-state index contributed by atoms with van der Waals surface area (Å²) in [5, 5.41) is 3.34. The molecule has 0 radical (unpaired) electrons. The third-order valence-corrected chi connectivity index (χ3v) is 4.62. The van der Waals surface area contributed by atoms with E-state index >= 15 is 0 Å². The Hall–Kier alpha value is -1.79. The quantitative estimate of drug-likeness (QED) is 0.698. The van der Waals surface area contributed by atoms with Crippen LogP contribution in [0.1, 0.15) is 18.4 Å². The maximum Gasteiger partial charge on any atom is 0.244 e. The van der Waals surface area contributed by atoms with E-state index in [2.05, 4.69) is 5.32 Å². The second kappa shape index (κ2) is 11.1. The fourth-order valence-corrected chi connectivity index (χ4v) is 3.09. The lowest BCUT2D eigenvalue weighted by Crippen LogP contribution is -2.42. The van der Waals surface area contributed by atoms with Gasteiger partial charge in [-0.3, -0.25) is 9.59 Å². The number of nitrogens with one attached hydrogen (secondary N) is 1. The summed E-state index contributed by atoms with van der Waals surface area (Å²) < 4.78 is 0. The zero-order chi connectivity index (χ0) is 19.1. The molecule has 0 heterocycles. The molecule has 0 aliphatic carbocycles. The molecule has 3 N–H and O–H groups in total. The number of nitrogens with zero attached hydrogens (tertiary/aromatic N) is 1. The molecule has 0 fully saturated rings. The van der Waals surface area contributed by atoms with E-state index < -0.39 is 5.92 Å². The number of hydrogen-bond acceptors (Lipinski definition) is 3. The Morgan fingerprint density at radius 2 is 1.67 bits per heavy atom.